The Labute approximate surface area is 201 Å². The van der Waals surface area contributed by atoms with E-state index in [1.165, 1.54) is 0 Å². The molecule has 3 saturated heterocycles. The van der Waals surface area contributed by atoms with E-state index in [0.29, 0.717) is 25.1 Å². The van der Waals surface area contributed by atoms with Gasteiger partial charge in [0, 0.05) is 34.5 Å². The molecule has 7 nitrogen and oxygen atoms in total. The maximum Gasteiger partial charge on any atom is 0.244 e. The predicted molar refractivity (Wildman–Crippen MR) is 129 cm³/mol. The Kier molecular flexibility index (Phi) is 6.37. The van der Waals surface area contributed by atoms with Crippen LogP contribution in [-0.4, -0.2) is 67.3 Å². The molecule has 32 heavy (non-hydrogen) atoms. The number of halogens is 1. The zero-order chi connectivity index (χ0) is 23.3. The molecule has 3 amide bonds. The number of aliphatic hydroxyl groups excluding tert-OH is 1. The largest absolute Gasteiger partial charge is 0.396 e. The molecule has 3 aliphatic rings. The summed E-state index contributed by atoms with van der Waals surface area (Å²) in [6.07, 6.45) is 1.03. The summed E-state index contributed by atoms with van der Waals surface area (Å²) in [6, 6.07) is 8.56. The third kappa shape index (κ3) is 3.96. The number of aliphatic hydroxyl groups is 1. The quantitative estimate of drug-likeness (QED) is 0.497. The van der Waals surface area contributed by atoms with Gasteiger partial charge in [-0.2, -0.15) is 0 Å². The molecule has 0 radical (unpaired) electrons. The van der Waals surface area contributed by atoms with Crippen molar-refractivity contribution in [3.05, 3.63) is 30.3 Å². The molecule has 6 atom stereocenters. The number of carbonyl (C=O) groups excluding carboxylic acids is 3. The van der Waals surface area contributed by atoms with Crippen molar-refractivity contribution in [2.45, 2.75) is 60.0 Å². The highest BCUT2D eigenvalue weighted by Crippen LogP contribution is 2.67. The van der Waals surface area contributed by atoms with Crippen LogP contribution >= 0.6 is 27.7 Å². The lowest BCUT2D eigenvalue weighted by Crippen LogP contribution is -2.57. The molecular weight excluding hydrogens is 494 g/mol. The van der Waals surface area contributed by atoms with Gasteiger partial charge in [0.25, 0.3) is 0 Å². The second-order valence-electron chi connectivity index (χ2n) is 9.87. The smallest absolute Gasteiger partial charge is 0.244 e. The van der Waals surface area contributed by atoms with E-state index in [4.69, 9.17) is 0 Å². The number of amides is 3. The van der Waals surface area contributed by atoms with Crippen molar-refractivity contribution in [3.8, 4) is 0 Å². The first kappa shape index (κ1) is 23.6. The number of para-hydroxylation sites is 1. The first-order chi connectivity index (χ1) is 15.1. The summed E-state index contributed by atoms with van der Waals surface area (Å²) in [6.45, 7) is 5.97. The summed E-state index contributed by atoms with van der Waals surface area (Å²) in [5.41, 5.74) is 0.242. The second kappa shape index (κ2) is 8.65. The van der Waals surface area contributed by atoms with Crippen molar-refractivity contribution in [1.29, 1.82) is 0 Å². The molecule has 3 N–H and O–H groups in total. The average Bonchev–Trinajstić information content (AvgIpc) is 3.29. The summed E-state index contributed by atoms with van der Waals surface area (Å²) < 4.78 is -0.667. The number of carbonyl (C=O) groups is 3. The number of nitrogens with one attached hydrogen (secondary N) is 2. The van der Waals surface area contributed by atoms with Crippen molar-refractivity contribution in [2.24, 2.45) is 11.8 Å². The Morgan fingerprint density at radius 2 is 1.94 bits per heavy atom. The molecule has 2 bridgehead atoms. The van der Waals surface area contributed by atoms with Crippen LogP contribution in [0.3, 0.4) is 0 Å². The number of likely N-dealkylation sites (tertiary alicyclic amines) is 1. The third-order valence-electron chi connectivity index (χ3n) is 6.44. The maximum absolute atomic E-state index is 13.7. The van der Waals surface area contributed by atoms with Crippen LogP contribution in [0.1, 0.15) is 33.6 Å². The minimum Gasteiger partial charge on any atom is -0.396 e. The number of hydrogen-bond acceptors (Lipinski definition) is 5. The molecule has 3 aliphatic heterocycles. The van der Waals surface area contributed by atoms with Gasteiger partial charge in [-0.15, -0.1) is 11.8 Å². The molecule has 0 aromatic heterocycles. The van der Waals surface area contributed by atoms with Gasteiger partial charge in [0.2, 0.25) is 17.7 Å². The van der Waals surface area contributed by atoms with E-state index in [9.17, 15) is 19.5 Å². The number of hydrogen-bond donors (Lipinski definition) is 3. The normalized spacial score (nSPS) is 33.3. The Balaban J connectivity index is 1.69. The Morgan fingerprint density at radius 3 is 2.56 bits per heavy atom. The summed E-state index contributed by atoms with van der Waals surface area (Å²) in [4.78, 5) is 42.2. The van der Waals surface area contributed by atoms with E-state index in [1.807, 2.05) is 51.1 Å². The lowest BCUT2D eigenvalue weighted by Gasteiger charge is -2.36. The Bertz CT molecular complexity index is 908. The van der Waals surface area contributed by atoms with Gasteiger partial charge in [-0.05, 0) is 45.7 Å². The fourth-order valence-electron chi connectivity index (χ4n) is 5.40. The van der Waals surface area contributed by atoms with Crippen molar-refractivity contribution in [3.63, 3.8) is 0 Å². The topological polar surface area (TPSA) is 98.7 Å². The van der Waals surface area contributed by atoms with E-state index >= 15 is 0 Å². The average molecular weight is 524 g/mol. The number of alkyl halides is 1. The van der Waals surface area contributed by atoms with Crippen LogP contribution in [0.15, 0.2) is 30.3 Å². The minimum atomic E-state index is -0.671. The van der Waals surface area contributed by atoms with Gasteiger partial charge in [-0.1, -0.05) is 34.1 Å². The predicted octanol–water partition coefficient (Wildman–Crippen LogP) is 2.39. The standard InChI is InChI=1S/C23H30BrN3O4S/c1-22(2,3)26-20(30)18-23-12-14(24)17(32-23)15(16(23)21(31)27(18)10-7-11-28)19(29)25-13-8-5-4-6-9-13/h4-6,8-9,14-18,28H,7,10-12H2,1-3H3,(H,25,29)(H,26,30)/t14?,15-,16+,17-,18?,23?/m1/s1. The van der Waals surface area contributed by atoms with Crippen molar-refractivity contribution in [1.82, 2.24) is 10.2 Å². The molecule has 3 heterocycles. The molecule has 174 valence electrons. The lowest BCUT2D eigenvalue weighted by molar-refractivity contribution is -0.139. The van der Waals surface area contributed by atoms with Crippen molar-refractivity contribution >= 4 is 51.1 Å². The molecule has 1 spiro atoms. The van der Waals surface area contributed by atoms with Crippen LogP contribution in [0.4, 0.5) is 5.69 Å². The Hall–Kier alpha value is -1.58. The van der Waals surface area contributed by atoms with Crippen LogP contribution in [0.2, 0.25) is 0 Å². The highest BCUT2D eigenvalue weighted by atomic mass is 79.9. The number of anilines is 1. The van der Waals surface area contributed by atoms with E-state index in [2.05, 4.69) is 26.6 Å². The third-order valence-corrected chi connectivity index (χ3v) is 9.66. The van der Waals surface area contributed by atoms with E-state index < -0.39 is 28.2 Å². The van der Waals surface area contributed by atoms with Crippen molar-refractivity contribution in [2.75, 3.05) is 18.5 Å². The fourth-order valence-corrected chi connectivity index (χ4v) is 9.01. The van der Waals surface area contributed by atoms with Crippen LogP contribution in [0, 0.1) is 11.8 Å². The highest BCUT2D eigenvalue weighted by Gasteiger charge is 2.75. The van der Waals surface area contributed by atoms with Crippen molar-refractivity contribution < 1.29 is 19.5 Å². The van der Waals surface area contributed by atoms with E-state index in [-0.39, 0.29) is 34.4 Å². The van der Waals surface area contributed by atoms with Gasteiger partial charge in [0.05, 0.1) is 16.6 Å². The molecular formula is C23H30BrN3O4S. The SMILES string of the molecule is CC(C)(C)NC(=O)C1N(CCCO)C(=O)[C@@H]2[C@@H](C(=O)Nc3ccccc3)[C@@H]3SC12CC3Br. The number of benzene rings is 1. The molecule has 3 unspecified atom stereocenters. The second-order valence-corrected chi connectivity index (χ2v) is 12.6. The number of nitrogens with zero attached hydrogens (tertiary/aromatic N) is 1. The minimum absolute atomic E-state index is 0.0331. The van der Waals surface area contributed by atoms with Gasteiger partial charge in [-0.25, -0.2) is 0 Å². The molecule has 3 fully saturated rings. The van der Waals surface area contributed by atoms with Crippen LogP contribution in [-0.2, 0) is 14.4 Å². The van der Waals surface area contributed by atoms with Gasteiger partial charge in [0.1, 0.15) is 6.04 Å². The number of rotatable bonds is 6. The zero-order valence-corrected chi connectivity index (χ0v) is 20.9. The summed E-state index contributed by atoms with van der Waals surface area (Å²) in [5.74, 6) is -1.63. The lowest BCUT2D eigenvalue weighted by atomic mass is 9.70. The summed E-state index contributed by atoms with van der Waals surface area (Å²) in [7, 11) is 0. The maximum atomic E-state index is 13.7. The van der Waals surface area contributed by atoms with Crippen LogP contribution < -0.4 is 10.6 Å². The number of fused-ring (bicyclic) bond motifs is 1. The zero-order valence-electron chi connectivity index (χ0n) is 18.5. The molecule has 9 heteroatoms. The Morgan fingerprint density at radius 1 is 1.25 bits per heavy atom. The number of thioether (sulfide) groups is 1. The van der Waals surface area contributed by atoms with Crippen LogP contribution in [0.5, 0.6) is 0 Å². The summed E-state index contributed by atoms with van der Waals surface area (Å²) >= 11 is 5.36. The molecule has 1 aromatic rings. The molecule has 1 aromatic carbocycles. The van der Waals surface area contributed by atoms with Gasteiger partial charge < -0.3 is 20.6 Å². The fraction of sp³-hybridized carbons (Fsp3) is 0.609. The van der Waals surface area contributed by atoms with Gasteiger partial charge in [0.15, 0.2) is 0 Å². The first-order valence-corrected chi connectivity index (χ1v) is 12.8. The monoisotopic (exact) mass is 523 g/mol. The molecule has 0 aliphatic carbocycles. The first-order valence-electron chi connectivity index (χ1n) is 11.0. The van der Waals surface area contributed by atoms with Gasteiger partial charge >= 0.3 is 0 Å². The van der Waals surface area contributed by atoms with E-state index in [0.717, 1.165) is 0 Å². The molecule has 4 rings (SSSR count). The van der Waals surface area contributed by atoms with E-state index in [1.54, 1.807) is 16.7 Å². The van der Waals surface area contributed by atoms with Crippen LogP contribution in [0.25, 0.3) is 0 Å². The highest BCUT2D eigenvalue weighted by molar-refractivity contribution is 9.09. The van der Waals surface area contributed by atoms with Gasteiger partial charge in [-0.3, -0.25) is 14.4 Å². The summed E-state index contributed by atoms with van der Waals surface area (Å²) in [5, 5.41) is 15.3. The molecule has 0 saturated carbocycles.